The van der Waals surface area contributed by atoms with Gasteiger partial charge in [0.15, 0.2) is 0 Å². The number of aromatic nitrogens is 1. The summed E-state index contributed by atoms with van der Waals surface area (Å²) in [6.07, 6.45) is 1.82. The van der Waals surface area contributed by atoms with Gasteiger partial charge in [-0.25, -0.2) is 0 Å². The summed E-state index contributed by atoms with van der Waals surface area (Å²) in [5, 5.41) is 10.1. The maximum atomic E-state index is 10.1. The Labute approximate surface area is 127 Å². The van der Waals surface area contributed by atoms with E-state index in [9.17, 15) is 5.11 Å². The van der Waals surface area contributed by atoms with E-state index in [2.05, 4.69) is 4.98 Å². The third-order valence-electron chi connectivity index (χ3n) is 3.97. The zero-order chi connectivity index (χ0) is 15.5. The van der Waals surface area contributed by atoms with E-state index in [-0.39, 0.29) is 0 Å². The lowest BCUT2D eigenvalue weighted by atomic mass is 9.83. The molecule has 4 heteroatoms. The fourth-order valence-corrected chi connectivity index (χ4v) is 1.73. The lowest BCUT2D eigenvalue weighted by molar-refractivity contribution is -0.0893. The maximum Gasteiger partial charge on any atom is 0.311 e. The predicted octanol–water partition coefficient (Wildman–Crippen LogP) is 2.29. The molecule has 0 unspecified atom stereocenters. The molecule has 1 aromatic carbocycles. The van der Waals surface area contributed by atoms with Crippen molar-refractivity contribution in [3.8, 4) is 11.3 Å². The summed E-state index contributed by atoms with van der Waals surface area (Å²) in [5.41, 5.74) is 1.52. The molecule has 0 saturated heterocycles. The first-order valence-electron chi connectivity index (χ1n) is 7.16. The molecule has 0 atom stereocenters. The first kappa shape index (κ1) is 15.7. The highest BCUT2D eigenvalue weighted by molar-refractivity contribution is 6.46. The lowest BCUT2D eigenvalue weighted by Gasteiger charge is -2.37. The average Bonchev–Trinajstić information content (AvgIpc) is 2.45. The van der Waals surface area contributed by atoms with Crippen molar-refractivity contribution in [3.63, 3.8) is 0 Å². The Hall–Kier alpha value is -1.65. The molecule has 2 aromatic rings. The molecule has 0 fully saturated rings. The second kappa shape index (κ2) is 6.00. The molecule has 0 amide bonds. The van der Waals surface area contributed by atoms with Crippen LogP contribution in [0.2, 0.25) is 0 Å². The number of hydrogen-bond donors (Lipinski definition) is 1. The number of aliphatic hydroxyl groups is 1. The molecule has 0 spiro atoms. The topological polar surface area (TPSA) is 42.4 Å². The first-order chi connectivity index (χ1) is 9.79. The molecular weight excluding hydrogens is 261 g/mol. The fourth-order valence-electron chi connectivity index (χ4n) is 1.73. The maximum absolute atomic E-state index is 10.1. The minimum absolute atomic E-state index is 0.430. The van der Waals surface area contributed by atoms with E-state index < -0.39 is 11.2 Å². The first-order valence-corrected chi connectivity index (χ1v) is 7.16. The van der Waals surface area contributed by atoms with Crippen LogP contribution in [-0.2, 0) is 4.65 Å². The molecule has 0 bridgehead atoms. The van der Waals surface area contributed by atoms with Gasteiger partial charge >= 0.3 is 7.48 Å². The average molecular weight is 283 g/mol. The summed E-state index contributed by atoms with van der Waals surface area (Å²) in [5.74, 6) is 0. The zero-order valence-corrected chi connectivity index (χ0v) is 13.1. The van der Waals surface area contributed by atoms with E-state index in [1.807, 2.05) is 62.5 Å². The monoisotopic (exact) mass is 283 g/mol. The number of nitrogens with zero attached hydrogens (tertiary/aromatic N) is 1. The van der Waals surface area contributed by atoms with Gasteiger partial charge in [0, 0.05) is 11.8 Å². The molecule has 1 aromatic heterocycles. The van der Waals surface area contributed by atoms with Crippen molar-refractivity contribution in [2.45, 2.75) is 38.9 Å². The van der Waals surface area contributed by atoms with Crippen molar-refractivity contribution in [3.05, 3.63) is 48.7 Å². The van der Waals surface area contributed by atoms with Gasteiger partial charge in [-0.05, 0) is 39.2 Å². The quantitative estimate of drug-likeness (QED) is 0.856. The highest BCUT2D eigenvalue weighted by atomic mass is 16.5. The number of hydrogen-bond acceptors (Lipinski definition) is 3. The third-order valence-corrected chi connectivity index (χ3v) is 3.97. The second-order valence-electron chi connectivity index (χ2n) is 6.28. The normalized spacial score (nSPS) is 12.2. The van der Waals surface area contributed by atoms with Crippen LogP contribution >= 0.6 is 0 Å². The molecule has 0 aliphatic carbocycles. The molecule has 1 heterocycles. The van der Waals surface area contributed by atoms with Gasteiger partial charge in [0.05, 0.1) is 16.9 Å². The molecule has 0 aliphatic rings. The van der Waals surface area contributed by atoms with Gasteiger partial charge in [-0.3, -0.25) is 4.98 Å². The third kappa shape index (κ3) is 3.93. The van der Waals surface area contributed by atoms with Crippen LogP contribution in [0.3, 0.4) is 0 Å². The molecule has 0 aliphatic heterocycles. The van der Waals surface area contributed by atoms with Gasteiger partial charge in [-0.1, -0.05) is 36.4 Å². The fraction of sp³-hybridized carbons (Fsp3) is 0.353. The summed E-state index contributed by atoms with van der Waals surface area (Å²) in [4.78, 5) is 4.47. The van der Waals surface area contributed by atoms with Crippen LogP contribution in [0.15, 0.2) is 48.7 Å². The lowest BCUT2D eigenvalue weighted by Crippen LogP contribution is -2.49. The van der Waals surface area contributed by atoms with Crippen LogP contribution in [0.25, 0.3) is 11.3 Å². The Morgan fingerprint density at radius 3 is 2.19 bits per heavy atom. The van der Waals surface area contributed by atoms with Gasteiger partial charge in [0.25, 0.3) is 0 Å². The number of pyridine rings is 1. The van der Waals surface area contributed by atoms with Crippen LogP contribution in [-0.4, -0.2) is 28.8 Å². The van der Waals surface area contributed by atoms with Gasteiger partial charge in [-0.2, -0.15) is 0 Å². The van der Waals surface area contributed by atoms with Crippen molar-refractivity contribution in [1.29, 1.82) is 0 Å². The Balaban J connectivity index is 2.04. The summed E-state index contributed by atoms with van der Waals surface area (Å²) >= 11 is 0. The van der Waals surface area contributed by atoms with Gasteiger partial charge in [0.2, 0.25) is 0 Å². The van der Waals surface area contributed by atoms with E-state index in [0.29, 0.717) is 7.48 Å². The van der Waals surface area contributed by atoms with Crippen molar-refractivity contribution < 1.29 is 9.76 Å². The number of rotatable bonds is 5. The minimum atomic E-state index is -0.898. The Bertz CT molecular complexity index is 574. The minimum Gasteiger partial charge on any atom is -0.427 e. The van der Waals surface area contributed by atoms with E-state index in [0.717, 1.165) is 16.7 Å². The SMILES string of the molecule is CC(C)(O)C(C)(C)OBc1ccc(-c2ccccc2)nc1. The standard InChI is InChI=1S/C17H22BNO2/c1-16(2,20)17(3,4)21-18-14-10-11-15(19-12-14)13-8-6-5-7-9-13/h5-12,18,20H,1-4H3. The van der Waals surface area contributed by atoms with E-state index in [4.69, 9.17) is 4.65 Å². The van der Waals surface area contributed by atoms with Crippen molar-refractivity contribution >= 4 is 12.9 Å². The van der Waals surface area contributed by atoms with Crippen LogP contribution in [0.4, 0.5) is 0 Å². The number of benzene rings is 1. The molecule has 21 heavy (non-hydrogen) atoms. The van der Waals surface area contributed by atoms with Crippen LogP contribution in [0.1, 0.15) is 27.7 Å². The molecular formula is C17H22BNO2. The molecule has 3 nitrogen and oxygen atoms in total. The summed E-state index contributed by atoms with van der Waals surface area (Å²) in [6.45, 7) is 7.28. The largest absolute Gasteiger partial charge is 0.427 e. The molecule has 2 rings (SSSR count). The highest BCUT2D eigenvalue weighted by Gasteiger charge is 2.35. The summed E-state index contributed by atoms with van der Waals surface area (Å²) in [6, 6.07) is 14.1. The van der Waals surface area contributed by atoms with Crippen LogP contribution in [0.5, 0.6) is 0 Å². The van der Waals surface area contributed by atoms with E-state index in [1.165, 1.54) is 0 Å². The summed E-state index contributed by atoms with van der Waals surface area (Å²) < 4.78 is 5.84. The van der Waals surface area contributed by atoms with Gasteiger partial charge in [0.1, 0.15) is 0 Å². The highest BCUT2D eigenvalue weighted by Crippen LogP contribution is 2.24. The molecule has 0 saturated carbocycles. The van der Waals surface area contributed by atoms with Crippen molar-refractivity contribution in [1.82, 2.24) is 4.98 Å². The van der Waals surface area contributed by atoms with Crippen molar-refractivity contribution in [2.75, 3.05) is 0 Å². The Morgan fingerprint density at radius 2 is 1.67 bits per heavy atom. The van der Waals surface area contributed by atoms with Gasteiger partial charge < -0.3 is 9.76 Å². The Morgan fingerprint density at radius 1 is 1.00 bits per heavy atom. The van der Waals surface area contributed by atoms with E-state index >= 15 is 0 Å². The molecule has 1 N–H and O–H groups in total. The second-order valence-corrected chi connectivity index (χ2v) is 6.28. The van der Waals surface area contributed by atoms with Gasteiger partial charge in [-0.15, -0.1) is 0 Å². The van der Waals surface area contributed by atoms with Crippen molar-refractivity contribution in [2.24, 2.45) is 0 Å². The Kier molecular flexibility index (Phi) is 4.50. The molecule has 0 radical (unpaired) electrons. The zero-order valence-electron chi connectivity index (χ0n) is 13.1. The smallest absolute Gasteiger partial charge is 0.311 e. The van der Waals surface area contributed by atoms with Crippen LogP contribution in [0, 0.1) is 0 Å². The molecule has 110 valence electrons. The van der Waals surface area contributed by atoms with E-state index in [1.54, 1.807) is 13.8 Å². The predicted molar refractivity (Wildman–Crippen MR) is 87.9 cm³/mol. The summed E-state index contributed by atoms with van der Waals surface area (Å²) in [7, 11) is 0.430. The van der Waals surface area contributed by atoms with Crippen LogP contribution < -0.4 is 5.46 Å².